The van der Waals surface area contributed by atoms with Gasteiger partial charge in [0.05, 0.1) is 6.04 Å². The first-order chi connectivity index (χ1) is 2.97. The molecule has 0 aliphatic carbocycles. The lowest BCUT2D eigenvalue weighted by Crippen LogP contribution is -1.81. The predicted octanol–water partition coefficient (Wildman–Crippen LogP) is 0.0352. The van der Waals surface area contributed by atoms with Gasteiger partial charge in [-0.25, -0.2) is 0 Å². The molecular formula is C5H5N. The van der Waals surface area contributed by atoms with Crippen LogP contribution in [0.2, 0.25) is 0 Å². The number of hydrogen-bond acceptors (Lipinski definition) is 1. The zero-order valence-electron chi connectivity index (χ0n) is 3.44. The van der Waals surface area contributed by atoms with Crippen molar-refractivity contribution in [2.24, 2.45) is 0 Å². The lowest BCUT2D eigenvalue weighted by Gasteiger charge is -1.74. The van der Waals surface area contributed by atoms with E-state index in [-0.39, 0.29) is 0 Å². The van der Waals surface area contributed by atoms with Gasteiger partial charge in [0.2, 0.25) is 0 Å². The minimum absolute atomic E-state index is 0.824. The summed E-state index contributed by atoms with van der Waals surface area (Å²) < 4.78 is 0. The zero-order chi connectivity index (χ0) is 3.98. The van der Waals surface area contributed by atoms with Gasteiger partial charge in [0.15, 0.2) is 0 Å². The van der Waals surface area contributed by atoms with Crippen LogP contribution in [0.15, 0.2) is 0 Å². The molecule has 2 heterocycles. The van der Waals surface area contributed by atoms with Crippen LogP contribution in [-0.2, 0) is 0 Å². The molecule has 0 radical (unpaired) electrons. The summed E-state index contributed by atoms with van der Waals surface area (Å²) in [5.74, 6) is 3.00. The first kappa shape index (κ1) is 2.52. The number of hydrogen-bond donors (Lipinski definition) is 0. The first-order valence-corrected chi connectivity index (χ1v) is 2.22. The SMILES string of the molecule is C1#CN2CC2C1. The van der Waals surface area contributed by atoms with Crippen molar-refractivity contribution in [1.82, 2.24) is 4.90 Å². The lowest BCUT2D eigenvalue weighted by molar-refractivity contribution is 0.743. The second-order valence-corrected chi connectivity index (χ2v) is 1.80. The van der Waals surface area contributed by atoms with Gasteiger partial charge < -0.3 is 4.90 Å². The van der Waals surface area contributed by atoms with Crippen LogP contribution < -0.4 is 0 Å². The van der Waals surface area contributed by atoms with Crippen LogP contribution in [0.3, 0.4) is 0 Å². The molecule has 0 spiro atoms. The summed E-state index contributed by atoms with van der Waals surface area (Å²) in [5, 5.41) is 0. The molecule has 2 aliphatic heterocycles. The Morgan fingerprint density at radius 1 is 1.67 bits per heavy atom. The summed E-state index contributed by atoms with van der Waals surface area (Å²) in [4.78, 5) is 2.17. The second-order valence-electron chi connectivity index (χ2n) is 1.80. The molecule has 0 aromatic rings. The fraction of sp³-hybridized carbons (Fsp3) is 0.600. The quantitative estimate of drug-likeness (QED) is 0.292. The van der Waals surface area contributed by atoms with Crippen molar-refractivity contribution in [3.63, 3.8) is 0 Å². The van der Waals surface area contributed by atoms with Crippen LogP contribution >= 0.6 is 0 Å². The molecule has 0 saturated carbocycles. The van der Waals surface area contributed by atoms with Gasteiger partial charge in [-0.05, 0) is 0 Å². The molecule has 2 rings (SSSR count). The minimum Gasteiger partial charge on any atom is -0.325 e. The molecule has 0 aromatic carbocycles. The Labute approximate surface area is 36.9 Å². The van der Waals surface area contributed by atoms with Gasteiger partial charge in [0, 0.05) is 19.0 Å². The Morgan fingerprint density at radius 2 is 2.67 bits per heavy atom. The van der Waals surface area contributed by atoms with Gasteiger partial charge >= 0.3 is 0 Å². The minimum atomic E-state index is 0.824. The van der Waals surface area contributed by atoms with Crippen molar-refractivity contribution in [1.29, 1.82) is 0 Å². The average Bonchev–Trinajstić information content (AvgIpc) is 2.17. The molecule has 0 N–H and O–H groups in total. The van der Waals surface area contributed by atoms with Crippen molar-refractivity contribution >= 4 is 0 Å². The number of nitrogens with zero attached hydrogens (tertiary/aromatic N) is 1. The Kier molecular flexibility index (Phi) is 0.236. The van der Waals surface area contributed by atoms with Crippen LogP contribution in [0.4, 0.5) is 0 Å². The predicted molar refractivity (Wildman–Crippen MR) is 22.9 cm³/mol. The third kappa shape index (κ3) is 0.145. The highest BCUT2D eigenvalue weighted by Gasteiger charge is 2.33. The van der Waals surface area contributed by atoms with E-state index >= 15 is 0 Å². The molecule has 0 aromatic heterocycles. The molecule has 1 fully saturated rings. The summed E-state index contributed by atoms with van der Waals surface area (Å²) in [5.41, 5.74) is 0. The highest BCUT2D eigenvalue weighted by atomic mass is 15.3. The highest BCUT2D eigenvalue weighted by molar-refractivity contribution is 5.19. The molecular weight excluding hydrogens is 74.1 g/mol. The van der Waals surface area contributed by atoms with Crippen LogP contribution in [0.25, 0.3) is 0 Å². The topological polar surface area (TPSA) is 3.01 Å². The molecule has 0 amide bonds. The summed E-state index contributed by atoms with van der Waals surface area (Å²) in [6.07, 6.45) is 1.12. The maximum atomic E-state index is 3.00. The summed E-state index contributed by atoms with van der Waals surface area (Å²) in [7, 11) is 0. The maximum absolute atomic E-state index is 3.00. The largest absolute Gasteiger partial charge is 0.325 e. The molecule has 1 saturated heterocycles. The third-order valence-corrected chi connectivity index (χ3v) is 1.27. The Morgan fingerprint density at radius 3 is 2.83 bits per heavy atom. The number of rotatable bonds is 0. The molecule has 30 valence electrons. The van der Waals surface area contributed by atoms with E-state index in [0.717, 1.165) is 12.5 Å². The highest BCUT2D eigenvalue weighted by Crippen LogP contribution is 2.22. The third-order valence-electron chi connectivity index (χ3n) is 1.27. The van der Waals surface area contributed by atoms with Gasteiger partial charge in [-0.15, -0.1) is 0 Å². The van der Waals surface area contributed by atoms with Gasteiger partial charge in [0.25, 0.3) is 0 Å². The molecule has 1 unspecified atom stereocenters. The second kappa shape index (κ2) is 0.562. The zero-order valence-corrected chi connectivity index (χ0v) is 3.44. The van der Waals surface area contributed by atoms with E-state index in [1.807, 2.05) is 0 Å². The maximum Gasteiger partial charge on any atom is 0.0664 e. The Balaban J connectivity index is 2.33. The van der Waals surface area contributed by atoms with E-state index in [1.165, 1.54) is 6.54 Å². The van der Waals surface area contributed by atoms with Crippen molar-refractivity contribution in [3.8, 4) is 12.0 Å². The summed E-state index contributed by atoms with van der Waals surface area (Å²) in [6, 6.07) is 3.80. The van der Waals surface area contributed by atoms with Crippen molar-refractivity contribution in [2.45, 2.75) is 12.5 Å². The number of fused-ring (bicyclic) bond motifs is 1. The van der Waals surface area contributed by atoms with Crippen molar-refractivity contribution < 1.29 is 0 Å². The van der Waals surface area contributed by atoms with Crippen LogP contribution in [0.1, 0.15) is 6.42 Å². The summed E-state index contributed by atoms with van der Waals surface area (Å²) >= 11 is 0. The standard InChI is InChI=1S/C5H5N/c1-2-5-4-6(5)3-1/h5H,2,4H2. The normalized spacial score (nSPS) is 34.7. The van der Waals surface area contributed by atoms with Crippen LogP contribution in [0.5, 0.6) is 0 Å². The van der Waals surface area contributed by atoms with E-state index in [4.69, 9.17) is 0 Å². The van der Waals surface area contributed by atoms with E-state index in [0.29, 0.717) is 0 Å². The van der Waals surface area contributed by atoms with E-state index < -0.39 is 0 Å². The fourth-order valence-electron chi connectivity index (χ4n) is 0.757. The lowest BCUT2D eigenvalue weighted by atomic mass is 10.4. The average molecular weight is 79.1 g/mol. The van der Waals surface area contributed by atoms with Crippen LogP contribution in [-0.4, -0.2) is 17.5 Å². The van der Waals surface area contributed by atoms with Crippen LogP contribution in [0, 0.1) is 12.0 Å². The van der Waals surface area contributed by atoms with Gasteiger partial charge in [-0.1, -0.05) is 5.92 Å². The molecule has 6 heavy (non-hydrogen) atoms. The Hall–Kier alpha value is -0.640. The smallest absolute Gasteiger partial charge is 0.0664 e. The molecule has 1 heteroatoms. The van der Waals surface area contributed by atoms with E-state index in [2.05, 4.69) is 16.9 Å². The molecule has 2 aliphatic rings. The Bertz CT molecular complexity index is 129. The monoisotopic (exact) mass is 79.0 g/mol. The molecule has 1 atom stereocenters. The van der Waals surface area contributed by atoms with Gasteiger partial charge in [-0.3, -0.25) is 0 Å². The van der Waals surface area contributed by atoms with Crippen molar-refractivity contribution in [3.05, 3.63) is 0 Å². The van der Waals surface area contributed by atoms with E-state index in [9.17, 15) is 0 Å². The van der Waals surface area contributed by atoms with Crippen molar-refractivity contribution in [2.75, 3.05) is 6.54 Å². The van der Waals surface area contributed by atoms with Gasteiger partial charge in [-0.2, -0.15) is 0 Å². The van der Waals surface area contributed by atoms with Gasteiger partial charge in [0.1, 0.15) is 0 Å². The van der Waals surface area contributed by atoms with E-state index in [1.54, 1.807) is 0 Å². The molecule has 1 nitrogen and oxygen atoms in total. The molecule has 0 bridgehead atoms. The summed E-state index contributed by atoms with van der Waals surface area (Å²) in [6.45, 7) is 1.24. The first-order valence-electron chi connectivity index (χ1n) is 2.22. The fourth-order valence-corrected chi connectivity index (χ4v) is 0.757.